The molecule has 2 heterocycles. The quantitative estimate of drug-likeness (QED) is 0.816. The molecule has 0 spiro atoms. The van der Waals surface area contributed by atoms with Gasteiger partial charge in [-0.3, -0.25) is 0 Å². The Kier molecular flexibility index (Phi) is 3.35. The highest BCUT2D eigenvalue weighted by Gasteiger charge is 2.38. The smallest absolute Gasteiger partial charge is 0.128 e. The maximum Gasteiger partial charge on any atom is 0.128 e. The van der Waals surface area contributed by atoms with E-state index in [2.05, 4.69) is 11.9 Å². The molecular formula is C15H20FNO. The number of rotatable bonds is 3. The van der Waals surface area contributed by atoms with E-state index >= 15 is 0 Å². The van der Waals surface area contributed by atoms with Crippen molar-refractivity contribution in [3.05, 3.63) is 35.6 Å². The number of hydrogen-bond acceptors (Lipinski definition) is 2. The van der Waals surface area contributed by atoms with Gasteiger partial charge in [-0.15, -0.1) is 0 Å². The molecule has 2 aliphatic rings. The average Bonchev–Trinajstić information content (AvgIpc) is 2.62. The SMILES string of the molecule is CN1[C@@H]2CC[C@H]1C[C@H](OCc1ccccc1F)C2. The van der Waals surface area contributed by atoms with Crippen LogP contribution in [0.3, 0.4) is 0 Å². The molecule has 1 aromatic carbocycles. The lowest BCUT2D eigenvalue weighted by molar-refractivity contribution is -0.0219. The highest BCUT2D eigenvalue weighted by Crippen LogP contribution is 2.35. The van der Waals surface area contributed by atoms with Gasteiger partial charge in [0.2, 0.25) is 0 Å². The zero-order valence-corrected chi connectivity index (χ0v) is 10.8. The van der Waals surface area contributed by atoms with Crippen molar-refractivity contribution in [2.24, 2.45) is 0 Å². The minimum atomic E-state index is -0.159. The van der Waals surface area contributed by atoms with Gasteiger partial charge >= 0.3 is 0 Å². The van der Waals surface area contributed by atoms with Crippen LogP contribution in [-0.4, -0.2) is 30.1 Å². The molecule has 3 atom stereocenters. The number of benzene rings is 1. The monoisotopic (exact) mass is 249 g/mol. The summed E-state index contributed by atoms with van der Waals surface area (Å²) in [5.41, 5.74) is 0.670. The Morgan fingerprint density at radius 3 is 2.56 bits per heavy atom. The largest absolute Gasteiger partial charge is 0.373 e. The van der Waals surface area contributed by atoms with Gasteiger partial charge in [-0.1, -0.05) is 18.2 Å². The van der Waals surface area contributed by atoms with E-state index in [1.54, 1.807) is 12.1 Å². The summed E-state index contributed by atoms with van der Waals surface area (Å²) in [6, 6.07) is 8.23. The summed E-state index contributed by atoms with van der Waals surface area (Å²) in [6.45, 7) is 0.403. The Hall–Kier alpha value is -0.930. The van der Waals surface area contributed by atoms with Crippen molar-refractivity contribution in [1.29, 1.82) is 0 Å². The molecular weight excluding hydrogens is 229 g/mol. The van der Waals surface area contributed by atoms with Gasteiger partial charge in [0.15, 0.2) is 0 Å². The fraction of sp³-hybridized carbons (Fsp3) is 0.600. The van der Waals surface area contributed by atoms with E-state index in [1.807, 2.05) is 6.07 Å². The van der Waals surface area contributed by atoms with Crippen molar-refractivity contribution >= 4 is 0 Å². The predicted molar refractivity (Wildman–Crippen MR) is 68.8 cm³/mol. The van der Waals surface area contributed by atoms with Crippen LogP contribution in [0.2, 0.25) is 0 Å². The third kappa shape index (κ3) is 2.29. The normalized spacial score (nSPS) is 31.8. The van der Waals surface area contributed by atoms with Crippen molar-refractivity contribution in [1.82, 2.24) is 4.90 Å². The maximum atomic E-state index is 13.5. The van der Waals surface area contributed by atoms with Gasteiger partial charge in [-0.05, 0) is 38.8 Å². The number of nitrogens with zero attached hydrogens (tertiary/aromatic N) is 1. The van der Waals surface area contributed by atoms with Crippen molar-refractivity contribution in [2.45, 2.75) is 50.5 Å². The van der Waals surface area contributed by atoms with Crippen molar-refractivity contribution in [3.8, 4) is 0 Å². The fourth-order valence-electron chi connectivity index (χ4n) is 3.32. The van der Waals surface area contributed by atoms with Crippen LogP contribution in [-0.2, 0) is 11.3 Å². The summed E-state index contributed by atoms with van der Waals surface area (Å²) in [4.78, 5) is 2.49. The van der Waals surface area contributed by atoms with Gasteiger partial charge in [0.05, 0.1) is 12.7 Å². The summed E-state index contributed by atoms with van der Waals surface area (Å²) >= 11 is 0. The number of halogens is 1. The molecule has 0 amide bonds. The van der Waals surface area contributed by atoms with E-state index in [4.69, 9.17) is 4.74 Å². The molecule has 0 saturated carbocycles. The molecule has 0 N–H and O–H groups in total. The van der Waals surface area contributed by atoms with Gasteiger partial charge in [-0.25, -0.2) is 4.39 Å². The van der Waals surface area contributed by atoms with Crippen LogP contribution < -0.4 is 0 Å². The molecule has 98 valence electrons. The van der Waals surface area contributed by atoms with Gasteiger partial charge < -0.3 is 9.64 Å². The molecule has 2 fully saturated rings. The molecule has 18 heavy (non-hydrogen) atoms. The molecule has 1 aromatic rings. The molecule has 2 aliphatic heterocycles. The third-order valence-corrected chi connectivity index (χ3v) is 4.49. The van der Waals surface area contributed by atoms with Crippen LogP contribution in [0.1, 0.15) is 31.2 Å². The fourth-order valence-corrected chi connectivity index (χ4v) is 3.32. The lowest BCUT2D eigenvalue weighted by atomic mass is 10.0. The Morgan fingerprint density at radius 1 is 1.22 bits per heavy atom. The summed E-state index contributed by atoms with van der Waals surface area (Å²) < 4.78 is 19.4. The summed E-state index contributed by atoms with van der Waals surface area (Å²) in [7, 11) is 2.22. The Bertz CT molecular complexity index is 409. The first kappa shape index (κ1) is 12.1. The Morgan fingerprint density at radius 2 is 1.89 bits per heavy atom. The van der Waals surface area contributed by atoms with Crippen LogP contribution in [0.25, 0.3) is 0 Å². The molecule has 0 aromatic heterocycles. The zero-order valence-electron chi connectivity index (χ0n) is 10.8. The first-order valence-corrected chi connectivity index (χ1v) is 6.81. The topological polar surface area (TPSA) is 12.5 Å². The van der Waals surface area contributed by atoms with Gasteiger partial charge in [0.1, 0.15) is 5.82 Å². The number of ether oxygens (including phenoxy) is 1. The second kappa shape index (κ2) is 4.98. The first-order valence-electron chi connectivity index (χ1n) is 6.81. The van der Waals surface area contributed by atoms with Crippen LogP contribution in [0.15, 0.2) is 24.3 Å². The van der Waals surface area contributed by atoms with E-state index in [9.17, 15) is 4.39 Å². The maximum absolute atomic E-state index is 13.5. The Labute approximate surface area is 108 Å². The van der Waals surface area contributed by atoms with Crippen LogP contribution in [0, 0.1) is 5.82 Å². The summed E-state index contributed by atoms with van der Waals surface area (Å²) in [5.74, 6) is -0.159. The molecule has 3 rings (SSSR count). The van der Waals surface area contributed by atoms with Gasteiger partial charge in [0, 0.05) is 17.6 Å². The van der Waals surface area contributed by atoms with Crippen molar-refractivity contribution < 1.29 is 9.13 Å². The van der Waals surface area contributed by atoms with Crippen molar-refractivity contribution in [2.75, 3.05) is 7.05 Å². The molecule has 2 bridgehead atoms. The van der Waals surface area contributed by atoms with Gasteiger partial charge in [0.25, 0.3) is 0 Å². The number of hydrogen-bond donors (Lipinski definition) is 0. The van der Waals surface area contributed by atoms with E-state index in [1.165, 1.54) is 18.9 Å². The predicted octanol–water partition coefficient (Wildman–Crippen LogP) is 2.97. The summed E-state index contributed by atoms with van der Waals surface area (Å²) in [5, 5.41) is 0. The van der Waals surface area contributed by atoms with Crippen LogP contribution >= 0.6 is 0 Å². The summed E-state index contributed by atoms with van der Waals surface area (Å²) in [6.07, 6.45) is 5.09. The van der Waals surface area contributed by atoms with E-state index in [0.717, 1.165) is 12.8 Å². The first-order chi connectivity index (χ1) is 8.74. The lowest BCUT2D eigenvalue weighted by Gasteiger charge is -2.36. The molecule has 0 aliphatic carbocycles. The van der Waals surface area contributed by atoms with E-state index < -0.39 is 0 Å². The minimum absolute atomic E-state index is 0.159. The highest BCUT2D eigenvalue weighted by molar-refractivity contribution is 5.16. The highest BCUT2D eigenvalue weighted by atomic mass is 19.1. The second-order valence-electron chi connectivity index (χ2n) is 5.55. The zero-order chi connectivity index (χ0) is 12.5. The molecule has 2 nitrogen and oxygen atoms in total. The minimum Gasteiger partial charge on any atom is -0.373 e. The van der Waals surface area contributed by atoms with Gasteiger partial charge in [-0.2, -0.15) is 0 Å². The van der Waals surface area contributed by atoms with Crippen molar-refractivity contribution in [3.63, 3.8) is 0 Å². The van der Waals surface area contributed by atoms with E-state index in [0.29, 0.717) is 30.4 Å². The number of piperidine rings is 1. The second-order valence-corrected chi connectivity index (χ2v) is 5.55. The molecule has 0 radical (unpaired) electrons. The lowest BCUT2D eigenvalue weighted by Crippen LogP contribution is -2.42. The van der Waals surface area contributed by atoms with Crippen LogP contribution in [0.5, 0.6) is 0 Å². The third-order valence-electron chi connectivity index (χ3n) is 4.49. The average molecular weight is 249 g/mol. The van der Waals surface area contributed by atoms with Crippen LogP contribution in [0.4, 0.5) is 4.39 Å². The molecule has 2 saturated heterocycles. The Balaban J connectivity index is 1.57. The molecule has 3 heteroatoms. The number of fused-ring (bicyclic) bond motifs is 2. The molecule has 0 unspecified atom stereocenters. The standard InChI is InChI=1S/C15H20FNO/c1-17-12-6-7-13(17)9-14(8-12)18-10-11-4-2-3-5-15(11)16/h2-5,12-14H,6-10H2,1H3/t12-,13+,14-. The van der Waals surface area contributed by atoms with E-state index in [-0.39, 0.29) is 5.82 Å².